The molecule has 0 amide bonds. The van der Waals surface area contributed by atoms with Gasteiger partial charge in [-0.05, 0) is 30.4 Å². The molecular weight excluding hydrogens is 374 g/mol. The second-order valence-corrected chi connectivity index (χ2v) is 8.13. The molecule has 0 aliphatic heterocycles. The van der Waals surface area contributed by atoms with E-state index >= 15 is 0 Å². The number of benzene rings is 1. The number of hydrogen-bond acceptors (Lipinski definition) is 5. The minimum absolute atomic E-state index is 0.0479. The van der Waals surface area contributed by atoms with Crippen LogP contribution >= 0.6 is 0 Å². The van der Waals surface area contributed by atoms with Crippen molar-refractivity contribution in [2.45, 2.75) is 25.2 Å². The third-order valence-corrected chi connectivity index (χ3v) is 6.69. The number of Topliss-reactive ketones (excluding diaryl/α,β-unsaturated/α-hetero) is 1. The minimum Gasteiger partial charge on any atom is -0.293 e. The third-order valence-electron chi connectivity index (χ3n) is 6.69. The zero-order valence-corrected chi connectivity index (χ0v) is 16.9. The summed E-state index contributed by atoms with van der Waals surface area (Å²) >= 11 is 0. The van der Waals surface area contributed by atoms with Crippen molar-refractivity contribution in [3.63, 3.8) is 0 Å². The first-order valence-electron chi connectivity index (χ1n) is 10.1. The van der Waals surface area contributed by atoms with Gasteiger partial charge < -0.3 is 0 Å². The number of ketones is 1. The molecular formula is C24H21N5O. The molecule has 0 unspecified atom stereocenters. The largest absolute Gasteiger partial charge is 0.293 e. The molecule has 0 radical (unpaired) electrons. The summed E-state index contributed by atoms with van der Waals surface area (Å²) in [6, 6.07) is 12.3. The summed E-state index contributed by atoms with van der Waals surface area (Å²) in [7, 11) is 1.93. The summed E-state index contributed by atoms with van der Waals surface area (Å²) in [6.07, 6.45) is 8.66. The van der Waals surface area contributed by atoms with Gasteiger partial charge in [-0.25, -0.2) is 9.97 Å². The number of aryl methyl sites for hydroxylation is 1. The molecule has 2 heterocycles. The number of nitrogens with zero attached hydrogens (tertiary/aromatic N) is 5. The van der Waals surface area contributed by atoms with Crippen molar-refractivity contribution < 1.29 is 4.79 Å². The Balaban J connectivity index is 1.85. The van der Waals surface area contributed by atoms with Gasteiger partial charge in [-0.2, -0.15) is 10.4 Å². The predicted octanol–water partition coefficient (Wildman–Crippen LogP) is 3.39. The van der Waals surface area contributed by atoms with Crippen molar-refractivity contribution >= 4 is 5.78 Å². The Bertz CT molecular complexity index is 1210. The van der Waals surface area contributed by atoms with Crippen LogP contribution in [-0.2, 0) is 23.7 Å². The highest BCUT2D eigenvalue weighted by atomic mass is 16.1. The number of carbonyl (C=O) groups is 1. The monoisotopic (exact) mass is 395 g/mol. The summed E-state index contributed by atoms with van der Waals surface area (Å²) in [6.45, 7) is 1.95. The molecule has 2 aliphatic carbocycles. The predicted molar refractivity (Wildman–Crippen MR) is 111 cm³/mol. The second kappa shape index (κ2) is 6.74. The van der Waals surface area contributed by atoms with E-state index < -0.39 is 5.41 Å². The quantitative estimate of drug-likeness (QED) is 0.664. The number of hydrogen-bond donors (Lipinski definition) is 0. The Labute approximate surface area is 174 Å². The summed E-state index contributed by atoms with van der Waals surface area (Å²) in [5.41, 5.74) is 4.66. The molecule has 2 aromatic heterocycles. The molecule has 2 aliphatic rings. The first-order valence-corrected chi connectivity index (χ1v) is 10.1. The summed E-state index contributed by atoms with van der Waals surface area (Å²) in [5, 5.41) is 14.7. The average molecular weight is 395 g/mol. The molecule has 0 saturated carbocycles. The van der Waals surface area contributed by atoms with Crippen LogP contribution in [0, 0.1) is 23.2 Å². The van der Waals surface area contributed by atoms with E-state index in [1.165, 1.54) is 6.33 Å². The van der Waals surface area contributed by atoms with Crippen LogP contribution in [0.5, 0.6) is 0 Å². The lowest BCUT2D eigenvalue weighted by molar-refractivity contribution is -0.121. The average Bonchev–Trinajstić information content (AvgIpc) is 3.13. The number of rotatable bonds is 2. The molecule has 148 valence electrons. The van der Waals surface area contributed by atoms with E-state index in [0.29, 0.717) is 0 Å². The molecule has 0 bridgehead atoms. The third kappa shape index (κ3) is 2.42. The maximum atomic E-state index is 12.9. The van der Waals surface area contributed by atoms with E-state index in [1.54, 1.807) is 12.4 Å². The van der Waals surface area contributed by atoms with Crippen LogP contribution in [0.1, 0.15) is 30.2 Å². The van der Waals surface area contributed by atoms with E-state index in [2.05, 4.69) is 28.2 Å². The fourth-order valence-electron chi connectivity index (χ4n) is 5.40. The molecule has 1 aromatic carbocycles. The van der Waals surface area contributed by atoms with Gasteiger partial charge in [0.25, 0.3) is 0 Å². The number of allylic oxidation sites excluding steroid dienone is 2. The molecule has 5 rings (SSSR count). The van der Waals surface area contributed by atoms with Crippen LogP contribution in [-0.4, -0.2) is 25.5 Å². The van der Waals surface area contributed by atoms with Crippen LogP contribution in [0.2, 0.25) is 0 Å². The van der Waals surface area contributed by atoms with Gasteiger partial charge in [-0.15, -0.1) is 0 Å². The van der Waals surface area contributed by atoms with Crippen molar-refractivity contribution in [2.24, 2.45) is 18.9 Å². The van der Waals surface area contributed by atoms with Crippen molar-refractivity contribution in [3.8, 4) is 17.3 Å². The SMILES string of the molecule is C[C@@H]1C(=O)C(C#N)=C[C@]2(c3ccccc3)c3nn(C)c(-c4cncnc4)c3CC[C@@H]12. The maximum Gasteiger partial charge on any atom is 0.176 e. The number of nitriles is 1. The minimum atomic E-state index is -0.612. The fourth-order valence-corrected chi connectivity index (χ4v) is 5.40. The van der Waals surface area contributed by atoms with E-state index in [9.17, 15) is 10.1 Å². The highest BCUT2D eigenvalue weighted by Gasteiger charge is 2.53. The van der Waals surface area contributed by atoms with Crippen LogP contribution in [0.3, 0.4) is 0 Å². The Morgan fingerprint density at radius 3 is 2.63 bits per heavy atom. The lowest BCUT2D eigenvalue weighted by atomic mass is 9.54. The van der Waals surface area contributed by atoms with Crippen LogP contribution in [0.4, 0.5) is 0 Å². The molecule has 0 fully saturated rings. The Morgan fingerprint density at radius 2 is 1.93 bits per heavy atom. The number of fused-ring (bicyclic) bond motifs is 3. The zero-order chi connectivity index (χ0) is 20.9. The van der Waals surface area contributed by atoms with Gasteiger partial charge >= 0.3 is 0 Å². The van der Waals surface area contributed by atoms with E-state index in [0.717, 1.165) is 40.9 Å². The van der Waals surface area contributed by atoms with Gasteiger partial charge in [0.2, 0.25) is 0 Å². The highest BCUT2D eigenvalue weighted by molar-refractivity contribution is 6.02. The molecule has 3 atom stereocenters. The molecule has 0 spiro atoms. The van der Waals surface area contributed by atoms with Crippen LogP contribution < -0.4 is 0 Å². The number of carbonyl (C=O) groups excluding carboxylic acids is 1. The van der Waals surface area contributed by atoms with Crippen molar-refractivity contribution in [2.75, 3.05) is 0 Å². The van der Waals surface area contributed by atoms with Gasteiger partial charge in [0.1, 0.15) is 12.4 Å². The molecule has 0 saturated heterocycles. The Morgan fingerprint density at radius 1 is 1.20 bits per heavy atom. The van der Waals surface area contributed by atoms with Gasteiger partial charge in [0.15, 0.2) is 5.78 Å². The molecule has 30 heavy (non-hydrogen) atoms. The topological polar surface area (TPSA) is 84.5 Å². The molecule has 6 nitrogen and oxygen atoms in total. The van der Waals surface area contributed by atoms with Crippen LogP contribution in [0.25, 0.3) is 11.3 Å². The van der Waals surface area contributed by atoms with E-state index in [4.69, 9.17) is 5.10 Å². The highest BCUT2D eigenvalue weighted by Crippen LogP contribution is 2.54. The zero-order valence-electron chi connectivity index (χ0n) is 16.9. The van der Waals surface area contributed by atoms with Crippen LogP contribution in [0.15, 0.2) is 60.7 Å². The van der Waals surface area contributed by atoms with Gasteiger partial charge in [-0.3, -0.25) is 9.48 Å². The smallest absolute Gasteiger partial charge is 0.176 e. The van der Waals surface area contributed by atoms with Crippen molar-refractivity contribution in [1.29, 1.82) is 5.26 Å². The first kappa shape index (κ1) is 18.4. The molecule has 0 N–H and O–H groups in total. The van der Waals surface area contributed by atoms with Crippen molar-refractivity contribution in [1.82, 2.24) is 19.7 Å². The van der Waals surface area contributed by atoms with Gasteiger partial charge in [-0.1, -0.05) is 37.3 Å². The summed E-state index contributed by atoms with van der Waals surface area (Å²) in [4.78, 5) is 21.2. The Hall–Kier alpha value is -3.59. The van der Waals surface area contributed by atoms with E-state index in [1.807, 2.05) is 42.9 Å². The maximum absolute atomic E-state index is 12.9. The Kier molecular flexibility index (Phi) is 4.14. The lowest BCUT2D eigenvalue weighted by Gasteiger charge is -2.46. The normalized spacial score (nSPS) is 25.1. The first-order chi connectivity index (χ1) is 14.6. The summed E-state index contributed by atoms with van der Waals surface area (Å²) in [5.74, 6) is -0.264. The molecule has 3 aromatic rings. The standard InChI is InChI=1S/C24H21N5O/c1-15-20-9-8-19-21(17-12-26-14-27-13-17)29(2)28-23(19)24(20,10-16(11-25)22(15)30)18-6-4-3-5-7-18/h3-7,10,12-15,20H,8-9H2,1-2H3/t15-,20-,24+/m0/s1. The number of aromatic nitrogens is 4. The van der Waals surface area contributed by atoms with E-state index in [-0.39, 0.29) is 23.2 Å². The summed E-state index contributed by atoms with van der Waals surface area (Å²) < 4.78 is 1.89. The van der Waals surface area contributed by atoms with Crippen molar-refractivity contribution in [3.05, 3.63) is 77.5 Å². The fraction of sp³-hybridized carbons (Fsp3) is 0.292. The lowest BCUT2D eigenvalue weighted by Crippen LogP contribution is -2.48. The van der Waals surface area contributed by atoms with Gasteiger partial charge in [0, 0.05) is 36.5 Å². The van der Waals surface area contributed by atoms with Gasteiger partial charge in [0.05, 0.1) is 22.4 Å². The molecule has 6 heteroatoms. The second-order valence-electron chi connectivity index (χ2n) is 8.13.